The molecule has 7 heteroatoms. The highest BCUT2D eigenvalue weighted by molar-refractivity contribution is 7.13. The molecule has 2 aromatic heterocycles. The summed E-state index contributed by atoms with van der Waals surface area (Å²) in [7, 11) is 0. The molecule has 0 spiro atoms. The Bertz CT molecular complexity index is 768. The van der Waals surface area contributed by atoms with E-state index in [-0.39, 0.29) is 11.9 Å². The Labute approximate surface area is 172 Å². The van der Waals surface area contributed by atoms with E-state index in [4.69, 9.17) is 0 Å². The van der Waals surface area contributed by atoms with Crippen molar-refractivity contribution in [3.63, 3.8) is 0 Å². The summed E-state index contributed by atoms with van der Waals surface area (Å²) in [5.74, 6) is 1.59. The van der Waals surface area contributed by atoms with Crippen molar-refractivity contribution < 1.29 is 4.79 Å². The first-order valence-corrected chi connectivity index (χ1v) is 10.9. The van der Waals surface area contributed by atoms with Crippen LogP contribution in [0.4, 0.5) is 5.82 Å². The Hall–Kier alpha value is -1.99. The van der Waals surface area contributed by atoms with Crippen LogP contribution in [0.3, 0.4) is 0 Å². The van der Waals surface area contributed by atoms with Gasteiger partial charge in [0.1, 0.15) is 10.7 Å². The van der Waals surface area contributed by atoms with Gasteiger partial charge in [-0.05, 0) is 31.9 Å². The Morgan fingerprint density at radius 3 is 2.61 bits per heavy atom. The van der Waals surface area contributed by atoms with Gasteiger partial charge in [0, 0.05) is 51.4 Å². The predicted molar refractivity (Wildman–Crippen MR) is 115 cm³/mol. The number of piperazine rings is 1. The third-order valence-electron chi connectivity index (χ3n) is 4.89. The molecule has 6 nitrogen and oxygen atoms in total. The second-order valence-electron chi connectivity index (χ2n) is 7.97. The lowest BCUT2D eigenvalue weighted by atomic mass is 10.1. The summed E-state index contributed by atoms with van der Waals surface area (Å²) in [4.78, 5) is 27.2. The molecular formula is C21H31N5OS. The quantitative estimate of drug-likeness (QED) is 0.773. The number of anilines is 1. The molecule has 0 saturated carbocycles. The Morgan fingerprint density at radius 1 is 1.21 bits per heavy atom. The number of aromatic nitrogens is 2. The van der Waals surface area contributed by atoms with E-state index in [1.165, 1.54) is 11.3 Å². The maximum atomic E-state index is 12.7. The fraction of sp³-hybridized carbons (Fsp3) is 0.571. The van der Waals surface area contributed by atoms with Crippen LogP contribution in [-0.2, 0) is 6.42 Å². The number of thiazole rings is 1. The molecule has 1 saturated heterocycles. The minimum atomic E-state index is 0.00428. The molecule has 0 radical (unpaired) electrons. The maximum Gasteiger partial charge on any atom is 0.263 e. The van der Waals surface area contributed by atoms with Crippen molar-refractivity contribution in [2.24, 2.45) is 5.92 Å². The van der Waals surface area contributed by atoms with Crippen molar-refractivity contribution in [1.82, 2.24) is 20.2 Å². The third kappa shape index (κ3) is 5.52. The number of rotatable bonds is 7. The van der Waals surface area contributed by atoms with Gasteiger partial charge in [-0.15, -0.1) is 11.3 Å². The second kappa shape index (κ2) is 9.47. The molecule has 152 valence electrons. The number of amides is 1. The van der Waals surface area contributed by atoms with Crippen molar-refractivity contribution in [1.29, 1.82) is 0 Å². The lowest BCUT2D eigenvalue weighted by molar-refractivity contribution is 0.0931. The highest BCUT2D eigenvalue weighted by Crippen LogP contribution is 2.21. The number of nitrogens with zero attached hydrogens (tertiary/aromatic N) is 4. The smallest absolute Gasteiger partial charge is 0.263 e. The summed E-state index contributed by atoms with van der Waals surface area (Å²) in [5.41, 5.74) is 0.842. The predicted octanol–water partition coefficient (Wildman–Crippen LogP) is 2.99. The van der Waals surface area contributed by atoms with Gasteiger partial charge >= 0.3 is 0 Å². The molecule has 1 atom stereocenters. The van der Waals surface area contributed by atoms with Crippen LogP contribution >= 0.6 is 11.3 Å². The second-order valence-corrected chi connectivity index (χ2v) is 9.05. The average Bonchev–Trinajstić information content (AvgIpc) is 3.02. The normalized spacial score (nSPS) is 16.4. The van der Waals surface area contributed by atoms with E-state index in [0.29, 0.717) is 5.92 Å². The summed E-state index contributed by atoms with van der Waals surface area (Å²) < 4.78 is 0. The van der Waals surface area contributed by atoms with Crippen molar-refractivity contribution in [2.75, 3.05) is 37.6 Å². The molecule has 1 N–H and O–H groups in total. The molecule has 0 bridgehead atoms. The van der Waals surface area contributed by atoms with Crippen LogP contribution in [-0.4, -0.2) is 59.5 Å². The first-order valence-electron chi connectivity index (χ1n) is 10.1. The highest BCUT2D eigenvalue weighted by atomic mass is 32.1. The minimum Gasteiger partial charge on any atom is -0.354 e. The first kappa shape index (κ1) is 20.7. The molecule has 3 heterocycles. The van der Waals surface area contributed by atoms with E-state index >= 15 is 0 Å². The van der Waals surface area contributed by atoms with Gasteiger partial charge in [0.05, 0.1) is 10.7 Å². The number of pyridine rings is 1. The number of aryl methyl sites for hydroxylation is 1. The molecule has 2 aromatic rings. The lowest BCUT2D eigenvalue weighted by Gasteiger charge is -2.36. The molecule has 1 aliphatic heterocycles. The van der Waals surface area contributed by atoms with E-state index < -0.39 is 0 Å². The number of hydrogen-bond acceptors (Lipinski definition) is 6. The van der Waals surface area contributed by atoms with Crippen molar-refractivity contribution >= 4 is 23.1 Å². The number of nitrogens with one attached hydrogen (secondary N) is 1. The standard InChI is InChI=1S/C21H31N5OS/c1-15(2)13-19-24-17(4)20(28-19)21(27)23-16(3)14-25-9-11-26(12-10-25)18-7-5-6-8-22-18/h5-8,15-16H,9-14H2,1-4H3,(H,23,27). The number of hydrogen-bond donors (Lipinski definition) is 1. The summed E-state index contributed by atoms with van der Waals surface area (Å²) >= 11 is 1.53. The van der Waals surface area contributed by atoms with E-state index in [9.17, 15) is 4.79 Å². The van der Waals surface area contributed by atoms with Crippen molar-refractivity contribution in [3.8, 4) is 0 Å². The van der Waals surface area contributed by atoms with Gasteiger partial charge in [-0.25, -0.2) is 9.97 Å². The molecule has 0 aromatic carbocycles. The van der Waals surface area contributed by atoms with Gasteiger partial charge in [0.15, 0.2) is 0 Å². The first-order chi connectivity index (χ1) is 13.4. The molecule has 1 amide bonds. The van der Waals surface area contributed by atoms with Crippen LogP contribution in [0.5, 0.6) is 0 Å². The fourth-order valence-electron chi connectivity index (χ4n) is 3.52. The molecule has 28 heavy (non-hydrogen) atoms. The number of carbonyl (C=O) groups is 1. The largest absolute Gasteiger partial charge is 0.354 e. The molecule has 3 rings (SSSR count). The van der Waals surface area contributed by atoms with Gasteiger partial charge in [-0.1, -0.05) is 19.9 Å². The van der Waals surface area contributed by atoms with E-state index in [1.807, 2.05) is 25.3 Å². The molecule has 0 aliphatic carbocycles. The molecular weight excluding hydrogens is 370 g/mol. The summed E-state index contributed by atoms with van der Waals surface area (Å²) in [6.07, 6.45) is 2.77. The fourth-order valence-corrected chi connectivity index (χ4v) is 4.70. The third-order valence-corrected chi connectivity index (χ3v) is 6.06. The monoisotopic (exact) mass is 401 g/mol. The van der Waals surface area contributed by atoms with Crippen LogP contribution in [0.25, 0.3) is 0 Å². The van der Waals surface area contributed by atoms with E-state index in [0.717, 1.165) is 60.5 Å². The van der Waals surface area contributed by atoms with Gasteiger partial charge in [0.2, 0.25) is 0 Å². The highest BCUT2D eigenvalue weighted by Gasteiger charge is 2.22. The van der Waals surface area contributed by atoms with Gasteiger partial charge < -0.3 is 10.2 Å². The van der Waals surface area contributed by atoms with Crippen LogP contribution < -0.4 is 10.2 Å². The van der Waals surface area contributed by atoms with Gasteiger partial charge in [-0.3, -0.25) is 9.69 Å². The zero-order valence-corrected chi connectivity index (χ0v) is 18.1. The SMILES string of the molecule is Cc1nc(CC(C)C)sc1C(=O)NC(C)CN1CCN(c2ccccn2)CC1. The summed E-state index contributed by atoms with van der Waals surface area (Å²) in [6, 6.07) is 6.13. The number of carbonyl (C=O) groups excluding carboxylic acids is 1. The van der Waals surface area contributed by atoms with E-state index in [1.54, 1.807) is 0 Å². The van der Waals surface area contributed by atoms with Crippen molar-refractivity contribution in [2.45, 2.75) is 40.2 Å². The van der Waals surface area contributed by atoms with Gasteiger partial charge in [-0.2, -0.15) is 0 Å². The Morgan fingerprint density at radius 2 is 1.96 bits per heavy atom. The molecule has 1 aliphatic rings. The molecule has 1 fully saturated rings. The van der Waals surface area contributed by atoms with Crippen LogP contribution in [0, 0.1) is 12.8 Å². The summed E-state index contributed by atoms with van der Waals surface area (Å²) in [5, 5.41) is 4.21. The Kier molecular flexibility index (Phi) is 7.02. The van der Waals surface area contributed by atoms with E-state index in [2.05, 4.69) is 51.9 Å². The summed E-state index contributed by atoms with van der Waals surface area (Å²) in [6.45, 7) is 13.1. The van der Waals surface area contributed by atoms with Crippen LogP contribution in [0.1, 0.15) is 41.1 Å². The maximum absolute atomic E-state index is 12.7. The lowest BCUT2D eigenvalue weighted by Crippen LogP contribution is -2.51. The Balaban J connectivity index is 1.47. The zero-order chi connectivity index (χ0) is 20.1. The zero-order valence-electron chi connectivity index (χ0n) is 17.3. The minimum absolute atomic E-state index is 0.00428. The average molecular weight is 402 g/mol. The van der Waals surface area contributed by atoms with Crippen molar-refractivity contribution in [3.05, 3.63) is 40.0 Å². The van der Waals surface area contributed by atoms with Crippen LogP contribution in [0.15, 0.2) is 24.4 Å². The van der Waals surface area contributed by atoms with Gasteiger partial charge in [0.25, 0.3) is 5.91 Å². The van der Waals surface area contributed by atoms with Crippen LogP contribution in [0.2, 0.25) is 0 Å². The molecule has 1 unspecified atom stereocenters. The topological polar surface area (TPSA) is 61.4 Å².